The molecule has 1 unspecified atom stereocenters. The van der Waals surface area contributed by atoms with Crippen molar-refractivity contribution in [3.05, 3.63) is 72.3 Å². The molecule has 2 N–H and O–H groups in total. The first-order valence-corrected chi connectivity index (χ1v) is 10.7. The molecule has 3 amide bonds. The Morgan fingerprint density at radius 1 is 0.909 bits per heavy atom. The molecule has 0 aliphatic heterocycles. The van der Waals surface area contributed by atoms with Gasteiger partial charge in [0.2, 0.25) is 5.91 Å². The van der Waals surface area contributed by atoms with Gasteiger partial charge in [-0.05, 0) is 54.4 Å². The average molecular weight is 457 g/mol. The fourth-order valence-corrected chi connectivity index (χ4v) is 3.42. The van der Waals surface area contributed by atoms with E-state index in [1.54, 1.807) is 0 Å². The minimum absolute atomic E-state index is 0.0451. The number of urea groups is 1. The number of amides is 3. The van der Waals surface area contributed by atoms with Gasteiger partial charge in [0, 0.05) is 30.4 Å². The fourth-order valence-electron chi connectivity index (χ4n) is 3.42. The van der Waals surface area contributed by atoms with Gasteiger partial charge in [-0.1, -0.05) is 43.3 Å². The Hall–Kier alpha value is -3.55. The van der Waals surface area contributed by atoms with Crippen molar-refractivity contribution in [1.29, 1.82) is 0 Å². The van der Waals surface area contributed by atoms with E-state index in [4.69, 9.17) is 0 Å². The second-order valence-corrected chi connectivity index (χ2v) is 7.82. The molecular formula is C25H26F3N3O2. The van der Waals surface area contributed by atoms with E-state index < -0.39 is 17.8 Å². The van der Waals surface area contributed by atoms with E-state index in [-0.39, 0.29) is 30.6 Å². The third kappa shape index (κ3) is 6.47. The van der Waals surface area contributed by atoms with Crippen LogP contribution < -0.4 is 10.6 Å². The number of nitrogens with zero attached hydrogens (tertiary/aromatic N) is 1. The molecule has 5 nitrogen and oxygen atoms in total. The van der Waals surface area contributed by atoms with E-state index >= 15 is 0 Å². The summed E-state index contributed by atoms with van der Waals surface area (Å²) in [6, 6.07) is 17.1. The lowest BCUT2D eigenvalue weighted by atomic mass is 10.1. The van der Waals surface area contributed by atoms with E-state index in [2.05, 4.69) is 10.6 Å². The van der Waals surface area contributed by atoms with Gasteiger partial charge in [-0.25, -0.2) is 4.79 Å². The predicted octanol–water partition coefficient (Wildman–Crippen LogP) is 6.52. The standard InChI is InChI=1S/C25H26F3N3O2/c1-3-17(2)31(24(33)30-21-10-6-9-20(16-21)25(26,27)28)14-13-23(32)29-22-12-11-18-7-4-5-8-19(18)15-22/h4-12,15-17H,3,13-14H2,1-2H3,(H,29,32)(H,30,33). The Bertz CT molecular complexity index is 1130. The van der Waals surface area contributed by atoms with Crippen molar-refractivity contribution in [2.24, 2.45) is 0 Å². The molecule has 3 rings (SSSR count). The molecule has 0 saturated heterocycles. The molecule has 0 aromatic heterocycles. The zero-order chi connectivity index (χ0) is 24.0. The lowest BCUT2D eigenvalue weighted by molar-refractivity contribution is -0.137. The summed E-state index contributed by atoms with van der Waals surface area (Å²) in [5, 5.41) is 7.41. The van der Waals surface area contributed by atoms with Gasteiger partial charge in [0.1, 0.15) is 0 Å². The Balaban J connectivity index is 1.63. The highest BCUT2D eigenvalue weighted by Gasteiger charge is 2.30. The summed E-state index contributed by atoms with van der Waals surface area (Å²) in [4.78, 5) is 26.8. The average Bonchev–Trinajstić information content (AvgIpc) is 2.78. The van der Waals surface area contributed by atoms with Gasteiger partial charge < -0.3 is 15.5 Å². The monoisotopic (exact) mass is 457 g/mol. The molecular weight excluding hydrogens is 431 g/mol. The summed E-state index contributed by atoms with van der Waals surface area (Å²) in [6.07, 6.45) is -3.83. The number of hydrogen-bond acceptors (Lipinski definition) is 2. The summed E-state index contributed by atoms with van der Waals surface area (Å²) in [7, 11) is 0. The minimum Gasteiger partial charge on any atom is -0.326 e. The molecule has 0 aliphatic carbocycles. The van der Waals surface area contributed by atoms with Crippen LogP contribution in [0.2, 0.25) is 0 Å². The lowest BCUT2D eigenvalue weighted by Crippen LogP contribution is -2.42. The molecule has 0 spiro atoms. The van der Waals surface area contributed by atoms with Crippen LogP contribution >= 0.6 is 0 Å². The van der Waals surface area contributed by atoms with E-state index in [0.29, 0.717) is 12.1 Å². The summed E-state index contributed by atoms with van der Waals surface area (Å²) < 4.78 is 38.9. The van der Waals surface area contributed by atoms with Crippen LogP contribution in [0.15, 0.2) is 66.7 Å². The maximum Gasteiger partial charge on any atom is 0.416 e. The minimum atomic E-state index is -4.50. The third-order valence-electron chi connectivity index (χ3n) is 5.44. The summed E-state index contributed by atoms with van der Waals surface area (Å²) in [5.74, 6) is -0.259. The first kappa shape index (κ1) is 24.1. The van der Waals surface area contributed by atoms with Crippen LogP contribution in [0.5, 0.6) is 0 Å². The maximum absolute atomic E-state index is 13.0. The molecule has 174 valence electrons. The highest BCUT2D eigenvalue weighted by molar-refractivity contribution is 5.95. The zero-order valence-electron chi connectivity index (χ0n) is 18.4. The Labute approximate surface area is 190 Å². The predicted molar refractivity (Wildman–Crippen MR) is 124 cm³/mol. The van der Waals surface area contributed by atoms with Crippen LogP contribution in [0, 0.1) is 0 Å². The number of anilines is 2. The first-order chi connectivity index (χ1) is 15.7. The number of hydrogen-bond donors (Lipinski definition) is 2. The molecule has 1 atom stereocenters. The number of halogens is 3. The van der Waals surface area contributed by atoms with Gasteiger partial charge in [0.05, 0.1) is 5.56 Å². The van der Waals surface area contributed by atoms with Crippen LogP contribution in [0.4, 0.5) is 29.3 Å². The van der Waals surface area contributed by atoms with Gasteiger partial charge in [-0.3, -0.25) is 4.79 Å². The Morgan fingerprint density at radius 3 is 2.30 bits per heavy atom. The van der Waals surface area contributed by atoms with Gasteiger partial charge in [0.15, 0.2) is 0 Å². The van der Waals surface area contributed by atoms with Gasteiger partial charge in [-0.2, -0.15) is 13.2 Å². The van der Waals surface area contributed by atoms with E-state index in [1.165, 1.54) is 17.0 Å². The van der Waals surface area contributed by atoms with Crippen molar-refractivity contribution < 1.29 is 22.8 Å². The number of nitrogens with one attached hydrogen (secondary N) is 2. The van der Waals surface area contributed by atoms with Crippen molar-refractivity contribution in [3.63, 3.8) is 0 Å². The number of alkyl halides is 3. The Morgan fingerprint density at radius 2 is 1.61 bits per heavy atom. The molecule has 3 aromatic rings. The molecule has 3 aromatic carbocycles. The summed E-state index contributed by atoms with van der Waals surface area (Å²) in [6.45, 7) is 3.84. The van der Waals surface area contributed by atoms with E-state index in [0.717, 1.165) is 22.9 Å². The molecule has 0 radical (unpaired) electrons. The normalized spacial score (nSPS) is 12.3. The third-order valence-corrected chi connectivity index (χ3v) is 5.44. The smallest absolute Gasteiger partial charge is 0.326 e. The van der Waals surface area contributed by atoms with E-state index in [1.807, 2.05) is 56.3 Å². The first-order valence-electron chi connectivity index (χ1n) is 10.7. The Kier molecular flexibility index (Phi) is 7.58. The topological polar surface area (TPSA) is 61.4 Å². The van der Waals surface area contributed by atoms with Crippen molar-refractivity contribution in [3.8, 4) is 0 Å². The maximum atomic E-state index is 13.0. The van der Waals surface area contributed by atoms with Crippen LogP contribution in [0.1, 0.15) is 32.3 Å². The summed E-state index contributed by atoms with van der Waals surface area (Å²) in [5.41, 5.74) is -0.142. The fraction of sp³-hybridized carbons (Fsp3) is 0.280. The molecule has 0 aliphatic rings. The number of rotatable bonds is 7. The molecule has 33 heavy (non-hydrogen) atoms. The number of fused-ring (bicyclic) bond motifs is 1. The second-order valence-electron chi connectivity index (χ2n) is 7.82. The SMILES string of the molecule is CCC(C)N(CCC(=O)Nc1ccc2ccccc2c1)C(=O)Nc1cccc(C(F)(F)F)c1. The van der Waals surface area contributed by atoms with Crippen molar-refractivity contribution in [2.45, 2.75) is 38.9 Å². The van der Waals surface area contributed by atoms with Gasteiger partial charge in [-0.15, -0.1) is 0 Å². The highest BCUT2D eigenvalue weighted by Crippen LogP contribution is 2.30. The van der Waals surface area contributed by atoms with E-state index in [9.17, 15) is 22.8 Å². The number of benzene rings is 3. The van der Waals surface area contributed by atoms with Crippen LogP contribution in [-0.2, 0) is 11.0 Å². The van der Waals surface area contributed by atoms with Crippen LogP contribution in [0.3, 0.4) is 0 Å². The molecule has 0 saturated carbocycles. The van der Waals surface area contributed by atoms with Crippen LogP contribution in [-0.4, -0.2) is 29.4 Å². The quantitative estimate of drug-likeness (QED) is 0.424. The molecule has 0 heterocycles. The molecule has 8 heteroatoms. The van der Waals surface area contributed by atoms with Gasteiger partial charge in [0.25, 0.3) is 0 Å². The largest absolute Gasteiger partial charge is 0.416 e. The molecule has 0 fully saturated rings. The summed E-state index contributed by atoms with van der Waals surface area (Å²) >= 11 is 0. The van der Waals surface area contributed by atoms with Crippen molar-refractivity contribution in [1.82, 2.24) is 4.90 Å². The number of carbonyl (C=O) groups is 2. The van der Waals surface area contributed by atoms with Crippen molar-refractivity contribution >= 4 is 34.1 Å². The van der Waals surface area contributed by atoms with Crippen LogP contribution in [0.25, 0.3) is 10.8 Å². The lowest BCUT2D eigenvalue weighted by Gasteiger charge is -2.28. The van der Waals surface area contributed by atoms with Gasteiger partial charge >= 0.3 is 12.2 Å². The van der Waals surface area contributed by atoms with Crippen molar-refractivity contribution in [2.75, 3.05) is 17.2 Å². The number of carbonyl (C=O) groups excluding carboxylic acids is 2. The highest BCUT2D eigenvalue weighted by atomic mass is 19.4. The second kappa shape index (κ2) is 10.4. The molecule has 0 bridgehead atoms. The zero-order valence-corrected chi connectivity index (χ0v) is 18.4.